The minimum Gasteiger partial charge on any atom is -0.458 e. The van der Waals surface area contributed by atoms with Crippen molar-refractivity contribution >= 4 is 40.4 Å². The monoisotopic (exact) mass is 581 g/mol. The predicted molar refractivity (Wildman–Crippen MR) is 154 cm³/mol. The quantitative estimate of drug-likeness (QED) is 0.195. The molecular formula is C31H23N3O7S. The maximum atomic E-state index is 14.1. The summed E-state index contributed by atoms with van der Waals surface area (Å²) in [6, 6.07) is 15.8. The number of carbonyl (C=O) groups excluding carboxylic acids is 3. The first-order chi connectivity index (χ1) is 20.3. The summed E-state index contributed by atoms with van der Waals surface area (Å²) in [7, 11) is 1.66. The van der Waals surface area contributed by atoms with Crippen LogP contribution in [0.4, 0.5) is 5.69 Å². The lowest BCUT2D eigenvalue weighted by Crippen LogP contribution is -2.40. The molecule has 11 heteroatoms. The molecule has 10 nitrogen and oxygen atoms in total. The second-order valence-electron chi connectivity index (χ2n) is 9.48. The van der Waals surface area contributed by atoms with Gasteiger partial charge in [-0.25, -0.2) is 14.6 Å². The highest BCUT2D eigenvalue weighted by molar-refractivity contribution is 7.07. The molecule has 42 heavy (non-hydrogen) atoms. The Balaban J connectivity index is 1.50. The van der Waals surface area contributed by atoms with E-state index in [1.54, 1.807) is 50.4 Å². The largest absolute Gasteiger partial charge is 0.458 e. The second-order valence-corrected chi connectivity index (χ2v) is 10.5. The minimum absolute atomic E-state index is 0.0316. The summed E-state index contributed by atoms with van der Waals surface area (Å²) in [4.78, 5) is 59.5. The van der Waals surface area contributed by atoms with Gasteiger partial charge in [-0.3, -0.25) is 14.2 Å². The number of thiazole rings is 1. The van der Waals surface area contributed by atoms with Crippen molar-refractivity contribution in [2.75, 3.05) is 18.6 Å². The predicted octanol–water partition coefficient (Wildman–Crippen LogP) is 3.12. The Morgan fingerprint density at radius 2 is 1.83 bits per heavy atom. The standard InChI is InChI=1S/C31H23N3O7S/c1-4-15-40-30(38)23-17(2)32-31-34(25(23)18-11-13-19(14-12-18)41-29(37)22-10-7-16-39-22)28(36)26(42-31)24-20-8-5-6-9-21(20)33(3)27(24)35/h4-14,16,25H,1,15H2,2-3H3/b26-24+. The number of hydrogen-bond acceptors (Lipinski definition) is 9. The molecule has 1 amide bonds. The molecule has 2 aliphatic heterocycles. The smallest absolute Gasteiger partial charge is 0.379 e. The number of likely N-dealkylation sites (N-methyl/N-ethyl adjacent to an activating group) is 1. The molecule has 0 spiro atoms. The maximum absolute atomic E-state index is 14.1. The Labute approximate surface area is 242 Å². The lowest BCUT2D eigenvalue weighted by molar-refractivity contribution is -0.138. The molecule has 1 atom stereocenters. The molecule has 0 fully saturated rings. The molecule has 210 valence electrons. The van der Waals surface area contributed by atoms with Crippen LogP contribution in [0.3, 0.4) is 0 Å². The van der Waals surface area contributed by atoms with Crippen LogP contribution in [0, 0.1) is 0 Å². The third-order valence-electron chi connectivity index (χ3n) is 6.96. The number of nitrogens with zero attached hydrogens (tertiary/aromatic N) is 3. The third-order valence-corrected chi connectivity index (χ3v) is 8.01. The van der Waals surface area contributed by atoms with E-state index in [4.69, 9.17) is 13.9 Å². The lowest BCUT2D eigenvalue weighted by atomic mass is 9.96. The van der Waals surface area contributed by atoms with Crippen LogP contribution in [0.25, 0.3) is 5.57 Å². The van der Waals surface area contributed by atoms with Gasteiger partial charge in [0, 0.05) is 12.6 Å². The zero-order valence-electron chi connectivity index (χ0n) is 22.5. The summed E-state index contributed by atoms with van der Waals surface area (Å²) in [6.07, 6.45) is 2.81. The first-order valence-corrected chi connectivity index (χ1v) is 13.7. The van der Waals surface area contributed by atoms with Crippen LogP contribution in [-0.2, 0) is 14.3 Å². The highest BCUT2D eigenvalue weighted by atomic mass is 32.1. The number of amides is 1. The Morgan fingerprint density at radius 1 is 1.07 bits per heavy atom. The summed E-state index contributed by atoms with van der Waals surface area (Å²) < 4.78 is 17.5. The summed E-state index contributed by atoms with van der Waals surface area (Å²) in [5.41, 5.74) is 2.24. The number of allylic oxidation sites excluding steroid dienone is 1. The molecule has 0 bridgehead atoms. The molecule has 2 aliphatic rings. The number of hydrogen-bond donors (Lipinski definition) is 0. The van der Waals surface area contributed by atoms with Crippen LogP contribution in [0.2, 0.25) is 0 Å². The van der Waals surface area contributed by atoms with Crippen molar-refractivity contribution < 1.29 is 28.3 Å². The number of para-hydroxylation sites is 1. The fourth-order valence-corrected chi connectivity index (χ4v) is 6.16. The number of anilines is 1. The van der Waals surface area contributed by atoms with Gasteiger partial charge in [-0.05, 0) is 42.8 Å². The molecule has 4 aromatic rings. The first kappa shape index (κ1) is 26.9. The van der Waals surface area contributed by atoms with Gasteiger partial charge in [0.1, 0.15) is 16.9 Å². The molecule has 2 aromatic heterocycles. The zero-order valence-corrected chi connectivity index (χ0v) is 23.3. The molecular weight excluding hydrogens is 558 g/mol. The van der Waals surface area contributed by atoms with Gasteiger partial charge in [0.2, 0.25) is 5.76 Å². The maximum Gasteiger partial charge on any atom is 0.379 e. The van der Waals surface area contributed by atoms with Crippen LogP contribution in [0.5, 0.6) is 5.75 Å². The summed E-state index contributed by atoms with van der Waals surface area (Å²) in [5.74, 6) is -1.34. The molecule has 1 unspecified atom stereocenters. The van der Waals surface area contributed by atoms with Gasteiger partial charge in [0.15, 0.2) is 4.80 Å². The molecule has 4 heterocycles. The number of fused-ring (bicyclic) bond motifs is 2. The molecule has 6 rings (SSSR count). The van der Waals surface area contributed by atoms with E-state index in [2.05, 4.69) is 11.6 Å². The molecule has 0 N–H and O–H groups in total. The van der Waals surface area contributed by atoms with Crippen molar-refractivity contribution in [1.82, 2.24) is 4.57 Å². The number of rotatable bonds is 6. The summed E-state index contributed by atoms with van der Waals surface area (Å²) >= 11 is 1.09. The van der Waals surface area contributed by atoms with Gasteiger partial charge in [0.25, 0.3) is 11.5 Å². The van der Waals surface area contributed by atoms with E-state index in [1.165, 1.54) is 27.9 Å². The summed E-state index contributed by atoms with van der Waals surface area (Å²) in [6.45, 7) is 5.23. The Morgan fingerprint density at radius 3 is 2.55 bits per heavy atom. The molecule has 0 aliphatic carbocycles. The lowest BCUT2D eigenvalue weighted by Gasteiger charge is -2.24. The number of furan rings is 1. The van der Waals surface area contributed by atoms with Gasteiger partial charge in [-0.15, -0.1) is 0 Å². The number of carbonyl (C=O) groups is 3. The highest BCUT2D eigenvalue weighted by Gasteiger charge is 2.36. The van der Waals surface area contributed by atoms with Gasteiger partial charge < -0.3 is 18.8 Å². The Hall–Kier alpha value is -5.29. The van der Waals surface area contributed by atoms with E-state index < -0.39 is 23.5 Å². The number of benzene rings is 2. The van der Waals surface area contributed by atoms with Crippen LogP contribution < -0.4 is 24.5 Å². The van der Waals surface area contributed by atoms with E-state index in [1.807, 2.05) is 18.2 Å². The SMILES string of the molecule is C=CCOC(=O)C1=C(C)N=c2s/c(=C3/C(=O)N(C)c4ccccc43)c(=O)n2C1c1ccc(OC(=O)c2ccco2)cc1. The Bertz CT molecular complexity index is 1980. The fraction of sp³-hybridized carbons (Fsp3) is 0.129. The van der Waals surface area contributed by atoms with E-state index in [0.29, 0.717) is 27.3 Å². The average molecular weight is 582 g/mol. The normalized spacial score (nSPS) is 17.0. The van der Waals surface area contributed by atoms with Crippen molar-refractivity contribution in [2.24, 2.45) is 4.99 Å². The van der Waals surface area contributed by atoms with Crippen molar-refractivity contribution in [2.45, 2.75) is 13.0 Å². The Kier molecular flexibility index (Phi) is 6.79. The fourth-order valence-electron chi connectivity index (χ4n) is 5.02. The first-order valence-electron chi connectivity index (χ1n) is 12.9. The molecule has 0 saturated carbocycles. The van der Waals surface area contributed by atoms with Gasteiger partial charge >= 0.3 is 11.9 Å². The van der Waals surface area contributed by atoms with Crippen molar-refractivity contribution in [3.63, 3.8) is 0 Å². The minimum atomic E-state index is -0.924. The van der Waals surface area contributed by atoms with Crippen molar-refractivity contribution in [1.29, 1.82) is 0 Å². The van der Waals surface area contributed by atoms with Crippen molar-refractivity contribution in [3.05, 3.63) is 127 Å². The zero-order chi connectivity index (χ0) is 29.5. The van der Waals surface area contributed by atoms with E-state index in [9.17, 15) is 19.2 Å². The van der Waals surface area contributed by atoms with E-state index >= 15 is 0 Å². The molecule has 2 aromatic carbocycles. The average Bonchev–Trinajstić information content (AvgIpc) is 3.70. The number of aromatic nitrogens is 1. The summed E-state index contributed by atoms with van der Waals surface area (Å²) in [5, 5.41) is 0. The van der Waals surface area contributed by atoms with Crippen molar-refractivity contribution in [3.8, 4) is 5.75 Å². The second kappa shape index (κ2) is 10.6. The molecule has 0 radical (unpaired) electrons. The van der Waals surface area contributed by atoms with Gasteiger partial charge in [0.05, 0.1) is 34.8 Å². The van der Waals surface area contributed by atoms with Crippen LogP contribution in [0.15, 0.2) is 105 Å². The van der Waals surface area contributed by atoms with Gasteiger partial charge in [-0.1, -0.05) is 54.3 Å². The van der Waals surface area contributed by atoms with Crippen LogP contribution in [-0.4, -0.2) is 36.1 Å². The topological polar surface area (TPSA) is 120 Å². The van der Waals surface area contributed by atoms with Crippen LogP contribution >= 0.6 is 11.3 Å². The number of esters is 2. The number of ether oxygens (including phenoxy) is 2. The highest BCUT2D eigenvalue weighted by Crippen LogP contribution is 2.35. The van der Waals surface area contributed by atoms with Gasteiger partial charge in [-0.2, -0.15) is 0 Å². The van der Waals surface area contributed by atoms with E-state index in [-0.39, 0.29) is 39.7 Å². The third kappa shape index (κ3) is 4.40. The van der Waals surface area contributed by atoms with E-state index in [0.717, 1.165) is 11.3 Å². The van der Waals surface area contributed by atoms with Crippen LogP contribution in [0.1, 0.15) is 34.6 Å². The molecule has 0 saturated heterocycles.